The van der Waals surface area contributed by atoms with E-state index in [1.165, 1.54) is 14.2 Å². The van der Waals surface area contributed by atoms with Gasteiger partial charge >= 0.3 is 0 Å². The molecule has 0 aromatic heterocycles. The Labute approximate surface area is 126 Å². The topological polar surface area (TPSA) is 55.8 Å². The Hall–Kier alpha value is -1.16. The molecule has 2 rings (SSSR count). The fraction of sp³-hybridized carbons (Fsp3) is 0.538. The normalized spacial score (nSPS) is 23.1. The summed E-state index contributed by atoms with van der Waals surface area (Å²) in [5, 5.41) is 0. The Morgan fingerprint density at radius 1 is 1.23 bits per heavy atom. The Morgan fingerprint density at radius 3 is 2.32 bits per heavy atom. The third-order valence-electron chi connectivity index (χ3n) is 3.55. The van der Waals surface area contributed by atoms with E-state index in [9.17, 15) is 21.6 Å². The number of hydrogen-bond donors (Lipinski definition) is 0. The summed E-state index contributed by atoms with van der Waals surface area (Å²) in [4.78, 5) is -1.16. The summed E-state index contributed by atoms with van der Waals surface area (Å²) < 4.78 is 76.7. The average molecular weight is 339 g/mol. The molecule has 22 heavy (non-hydrogen) atoms. The van der Waals surface area contributed by atoms with Crippen molar-refractivity contribution >= 4 is 10.0 Å². The van der Waals surface area contributed by atoms with Crippen LogP contribution < -0.4 is 0 Å². The van der Waals surface area contributed by atoms with Crippen LogP contribution in [-0.4, -0.2) is 52.2 Å². The maximum atomic E-state index is 13.8. The fourth-order valence-corrected chi connectivity index (χ4v) is 4.29. The van der Waals surface area contributed by atoms with Gasteiger partial charge in [0.05, 0.1) is 18.8 Å². The second-order valence-corrected chi connectivity index (χ2v) is 6.80. The van der Waals surface area contributed by atoms with Gasteiger partial charge in [0.1, 0.15) is 17.5 Å². The Balaban J connectivity index is 2.45. The molecule has 1 fully saturated rings. The lowest BCUT2D eigenvalue weighted by atomic mass is 10.2. The Morgan fingerprint density at radius 2 is 1.82 bits per heavy atom. The second-order valence-electron chi connectivity index (χ2n) is 4.98. The quantitative estimate of drug-likeness (QED) is 0.816. The second kappa shape index (κ2) is 6.53. The Kier molecular flexibility index (Phi) is 5.10. The molecule has 1 aliphatic heterocycles. The standard InChI is InChI=1S/C13H16F3NO4S/c1-20-7-9-5-10(21-2)6-17(9)22(18,19)13-11(15)3-8(14)4-12(13)16/h3-4,9-10H,5-7H2,1-2H3/t9-,10-/m0/s1. The number of halogens is 3. The van der Waals surface area contributed by atoms with Crippen LogP contribution in [0.5, 0.6) is 0 Å². The first-order chi connectivity index (χ1) is 10.3. The average Bonchev–Trinajstić information content (AvgIpc) is 2.81. The van der Waals surface area contributed by atoms with Gasteiger partial charge in [-0.05, 0) is 6.42 Å². The van der Waals surface area contributed by atoms with Crippen LogP contribution >= 0.6 is 0 Å². The third kappa shape index (κ3) is 3.12. The lowest BCUT2D eigenvalue weighted by Crippen LogP contribution is -2.39. The zero-order valence-corrected chi connectivity index (χ0v) is 12.9. The number of ether oxygens (including phenoxy) is 2. The van der Waals surface area contributed by atoms with Gasteiger partial charge in [-0.1, -0.05) is 0 Å². The minimum absolute atomic E-state index is 0.0525. The maximum Gasteiger partial charge on any atom is 0.249 e. The summed E-state index contributed by atoms with van der Waals surface area (Å²) in [6.45, 7) is 0.00659. The van der Waals surface area contributed by atoms with Gasteiger partial charge in [-0.15, -0.1) is 0 Å². The van der Waals surface area contributed by atoms with E-state index in [4.69, 9.17) is 9.47 Å². The smallest absolute Gasteiger partial charge is 0.249 e. The molecule has 9 heteroatoms. The predicted molar refractivity (Wildman–Crippen MR) is 71.3 cm³/mol. The van der Waals surface area contributed by atoms with Gasteiger partial charge < -0.3 is 9.47 Å². The van der Waals surface area contributed by atoms with E-state index in [0.717, 1.165) is 4.31 Å². The molecule has 0 aliphatic carbocycles. The van der Waals surface area contributed by atoms with Gasteiger partial charge in [-0.25, -0.2) is 21.6 Å². The molecule has 0 bridgehead atoms. The monoisotopic (exact) mass is 339 g/mol. The highest BCUT2D eigenvalue weighted by atomic mass is 32.2. The molecule has 124 valence electrons. The largest absolute Gasteiger partial charge is 0.383 e. The summed E-state index contributed by atoms with van der Waals surface area (Å²) >= 11 is 0. The van der Waals surface area contributed by atoms with Crippen molar-refractivity contribution in [2.75, 3.05) is 27.4 Å². The molecule has 0 radical (unpaired) electrons. The van der Waals surface area contributed by atoms with E-state index in [0.29, 0.717) is 18.6 Å². The first-order valence-corrected chi connectivity index (χ1v) is 7.93. The zero-order valence-electron chi connectivity index (χ0n) is 12.1. The van der Waals surface area contributed by atoms with E-state index >= 15 is 0 Å². The van der Waals surface area contributed by atoms with Crippen molar-refractivity contribution in [3.63, 3.8) is 0 Å². The van der Waals surface area contributed by atoms with Gasteiger partial charge in [-0.3, -0.25) is 0 Å². The minimum atomic E-state index is -4.47. The highest BCUT2D eigenvalue weighted by molar-refractivity contribution is 7.89. The summed E-state index contributed by atoms with van der Waals surface area (Å²) in [5.41, 5.74) is 0. The summed E-state index contributed by atoms with van der Waals surface area (Å²) in [5.74, 6) is -4.11. The maximum absolute atomic E-state index is 13.8. The SMILES string of the molecule is COC[C@@H]1C[C@H](OC)CN1S(=O)(=O)c1c(F)cc(F)cc1F. The molecule has 1 aromatic carbocycles. The molecule has 1 aromatic rings. The van der Waals surface area contributed by atoms with E-state index < -0.39 is 44.5 Å². The molecule has 0 amide bonds. The van der Waals surface area contributed by atoms with Crippen LogP contribution in [0.2, 0.25) is 0 Å². The molecule has 1 aliphatic rings. The molecule has 0 saturated carbocycles. The van der Waals surface area contributed by atoms with Crippen molar-refractivity contribution in [3.8, 4) is 0 Å². The van der Waals surface area contributed by atoms with E-state index in [1.807, 2.05) is 0 Å². The molecular formula is C13H16F3NO4S. The minimum Gasteiger partial charge on any atom is -0.383 e. The molecule has 0 spiro atoms. The van der Waals surface area contributed by atoms with E-state index in [-0.39, 0.29) is 13.2 Å². The molecule has 0 unspecified atom stereocenters. The van der Waals surface area contributed by atoms with Gasteiger partial charge in [0, 0.05) is 32.9 Å². The van der Waals surface area contributed by atoms with Gasteiger partial charge in [0.25, 0.3) is 0 Å². The fourth-order valence-electron chi connectivity index (χ4n) is 2.55. The predicted octanol–water partition coefficient (Wildman–Crippen LogP) is 1.53. The lowest BCUT2D eigenvalue weighted by Gasteiger charge is -2.23. The molecule has 2 atom stereocenters. The van der Waals surface area contributed by atoms with E-state index in [1.54, 1.807) is 0 Å². The number of hydrogen-bond acceptors (Lipinski definition) is 4. The van der Waals surface area contributed by atoms with Gasteiger partial charge in [0.2, 0.25) is 10.0 Å². The van der Waals surface area contributed by atoms with Crippen molar-refractivity contribution in [2.24, 2.45) is 0 Å². The van der Waals surface area contributed by atoms with E-state index in [2.05, 4.69) is 0 Å². The lowest BCUT2D eigenvalue weighted by molar-refractivity contribution is 0.110. The number of nitrogens with zero attached hydrogens (tertiary/aromatic N) is 1. The van der Waals surface area contributed by atoms with Crippen molar-refractivity contribution in [1.82, 2.24) is 4.31 Å². The van der Waals surface area contributed by atoms with Crippen molar-refractivity contribution < 1.29 is 31.1 Å². The van der Waals surface area contributed by atoms with Crippen molar-refractivity contribution in [3.05, 3.63) is 29.6 Å². The third-order valence-corrected chi connectivity index (χ3v) is 5.52. The zero-order chi connectivity index (χ0) is 16.5. The highest BCUT2D eigenvalue weighted by Crippen LogP contribution is 2.30. The van der Waals surface area contributed by atoms with Crippen LogP contribution in [0.1, 0.15) is 6.42 Å². The molecule has 5 nitrogen and oxygen atoms in total. The van der Waals surface area contributed by atoms with Crippen LogP contribution in [0.4, 0.5) is 13.2 Å². The number of methoxy groups -OCH3 is 2. The van der Waals surface area contributed by atoms with Crippen LogP contribution in [-0.2, 0) is 19.5 Å². The summed E-state index contributed by atoms with van der Waals surface area (Å²) in [7, 11) is -1.66. The molecule has 1 saturated heterocycles. The summed E-state index contributed by atoms with van der Waals surface area (Å²) in [6, 6.07) is 0.0693. The molecular weight excluding hydrogens is 323 g/mol. The van der Waals surface area contributed by atoms with Crippen LogP contribution in [0, 0.1) is 17.5 Å². The van der Waals surface area contributed by atoms with Crippen LogP contribution in [0.15, 0.2) is 17.0 Å². The van der Waals surface area contributed by atoms with Crippen molar-refractivity contribution in [1.29, 1.82) is 0 Å². The molecule has 1 heterocycles. The van der Waals surface area contributed by atoms with Crippen LogP contribution in [0.25, 0.3) is 0 Å². The Bertz CT molecular complexity index is 630. The number of rotatable bonds is 5. The first kappa shape index (κ1) is 17.2. The molecule has 0 N–H and O–H groups in total. The summed E-state index contributed by atoms with van der Waals surface area (Å²) in [6.07, 6.45) is -0.0601. The number of sulfonamides is 1. The first-order valence-electron chi connectivity index (χ1n) is 6.49. The van der Waals surface area contributed by atoms with Gasteiger partial charge in [-0.2, -0.15) is 4.31 Å². The van der Waals surface area contributed by atoms with Crippen LogP contribution in [0.3, 0.4) is 0 Å². The van der Waals surface area contributed by atoms with Gasteiger partial charge in [0.15, 0.2) is 4.90 Å². The highest BCUT2D eigenvalue weighted by Gasteiger charge is 2.42. The van der Waals surface area contributed by atoms with Crippen molar-refractivity contribution in [2.45, 2.75) is 23.5 Å². The number of benzene rings is 1.